The highest BCUT2D eigenvalue weighted by molar-refractivity contribution is 5.96. The molecule has 1 aliphatic carbocycles. The summed E-state index contributed by atoms with van der Waals surface area (Å²) in [5.41, 5.74) is 5.24. The summed E-state index contributed by atoms with van der Waals surface area (Å²) in [6.07, 6.45) is 12.7. The number of rotatable bonds is 8. The van der Waals surface area contributed by atoms with Gasteiger partial charge in [-0.15, -0.1) is 0 Å². The lowest BCUT2D eigenvalue weighted by Gasteiger charge is -2.34. The third-order valence-corrected chi connectivity index (χ3v) is 8.09. The van der Waals surface area contributed by atoms with Crippen LogP contribution in [0.1, 0.15) is 60.3 Å². The highest BCUT2D eigenvalue weighted by Crippen LogP contribution is 2.44. The fourth-order valence-electron chi connectivity index (χ4n) is 6.09. The Kier molecular flexibility index (Phi) is 7.49. The molecule has 0 unspecified atom stereocenters. The molecule has 0 amide bonds. The van der Waals surface area contributed by atoms with E-state index in [1.807, 2.05) is 42.6 Å². The Morgan fingerprint density at radius 3 is 1.88 bits per heavy atom. The molecule has 2 heterocycles. The van der Waals surface area contributed by atoms with Gasteiger partial charge in [0.15, 0.2) is 5.78 Å². The van der Waals surface area contributed by atoms with Gasteiger partial charge in [-0.05, 0) is 53.8 Å². The van der Waals surface area contributed by atoms with Crippen molar-refractivity contribution >= 4 is 11.9 Å². The minimum absolute atomic E-state index is 0.138. The first-order chi connectivity index (χ1) is 19.8. The van der Waals surface area contributed by atoms with E-state index in [2.05, 4.69) is 82.8 Å². The highest BCUT2D eigenvalue weighted by Gasteiger charge is 2.41. The summed E-state index contributed by atoms with van der Waals surface area (Å²) in [5, 5.41) is 0. The fraction of sp³-hybridized carbons (Fsp3) is 0.194. The van der Waals surface area contributed by atoms with E-state index in [1.165, 1.54) is 6.42 Å². The maximum absolute atomic E-state index is 12.9. The van der Waals surface area contributed by atoms with Gasteiger partial charge < -0.3 is 4.98 Å². The largest absolute Gasteiger partial charge is 0.341 e. The molecule has 0 bridgehead atoms. The Morgan fingerprint density at radius 1 is 0.725 bits per heavy atom. The van der Waals surface area contributed by atoms with E-state index in [-0.39, 0.29) is 11.7 Å². The third kappa shape index (κ3) is 4.93. The molecule has 40 heavy (non-hydrogen) atoms. The van der Waals surface area contributed by atoms with Crippen LogP contribution in [0.4, 0.5) is 0 Å². The molecule has 5 aromatic rings. The average Bonchev–Trinajstić information content (AvgIpc) is 3.53. The SMILES string of the molecule is O=C(C=Cc1ncccc1-c1cnc(C(c2ccccc2)(c2ccccc2)c2ccccc2)[nH]1)C1CCCCC1. The molecule has 2 aromatic heterocycles. The number of imidazole rings is 1. The van der Waals surface area contributed by atoms with E-state index in [9.17, 15) is 4.79 Å². The normalized spacial score (nSPS) is 14.4. The predicted octanol–water partition coefficient (Wildman–Crippen LogP) is 8.02. The molecule has 3 aromatic carbocycles. The van der Waals surface area contributed by atoms with Crippen LogP contribution in [-0.4, -0.2) is 20.7 Å². The van der Waals surface area contributed by atoms with Gasteiger partial charge in [0.05, 0.1) is 17.6 Å². The molecule has 198 valence electrons. The topological polar surface area (TPSA) is 58.6 Å². The Balaban J connectivity index is 1.46. The van der Waals surface area contributed by atoms with Crippen LogP contribution >= 0.6 is 0 Å². The van der Waals surface area contributed by atoms with Gasteiger partial charge in [0.25, 0.3) is 0 Å². The molecule has 6 rings (SSSR count). The van der Waals surface area contributed by atoms with E-state index in [0.29, 0.717) is 0 Å². The number of nitrogens with zero attached hydrogens (tertiary/aromatic N) is 2. The quantitative estimate of drug-likeness (QED) is 0.165. The van der Waals surface area contributed by atoms with Crippen LogP contribution in [0.5, 0.6) is 0 Å². The molecular formula is C36H33N3O. The summed E-state index contributed by atoms with van der Waals surface area (Å²) >= 11 is 0. The van der Waals surface area contributed by atoms with Crippen molar-refractivity contribution in [1.29, 1.82) is 0 Å². The molecular weight excluding hydrogens is 490 g/mol. The number of aromatic amines is 1. The van der Waals surface area contributed by atoms with Gasteiger partial charge in [-0.2, -0.15) is 0 Å². The molecule has 0 saturated heterocycles. The molecule has 1 saturated carbocycles. The number of hydrogen-bond acceptors (Lipinski definition) is 3. The summed E-state index contributed by atoms with van der Waals surface area (Å²) in [4.78, 5) is 26.2. The van der Waals surface area contributed by atoms with Crippen LogP contribution < -0.4 is 0 Å². The summed E-state index contributed by atoms with van der Waals surface area (Å²) in [6, 6.07) is 35.5. The molecule has 0 radical (unpaired) electrons. The van der Waals surface area contributed by atoms with Crippen molar-refractivity contribution in [2.45, 2.75) is 37.5 Å². The molecule has 4 nitrogen and oxygen atoms in total. The summed E-state index contributed by atoms with van der Waals surface area (Å²) < 4.78 is 0. The first-order valence-corrected chi connectivity index (χ1v) is 14.2. The molecule has 0 aliphatic heterocycles. The Labute approximate surface area is 235 Å². The van der Waals surface area contributed by atoms with Crippen LogP contribution in [0.2, 0.25) is 0 Å². The number of ketones is 1. The van der Waals surface area contributed by atoms with Crippen molar-refractivity contribution in [2.75, 3.05) is 0 Å². The second-order valence-electron chi connectivity index (χ2n) is 10.5. The molecule has 1 aliphatic rings. The molecule has 0 atom stereocenters. The zero-order valence-corrected chi connectivity index (χ0v) is 22.5. The molecule has 4 heteroatoms. The van der Waals surface area contributed by atoms with Crippen LogP contribution in [-0.2, 0) is 10.2 Å². The summed E-state index contributed by atoms with van der Waals surface area (Å²) in [7, 11) is 0. The smallest absolute Gasteiger partial charge is 0.158 e. The van der Waals surface area contributed by atoms with Gasteiger partial charge in [-0.25, -0.2) is 4.98 Å². The van der Waals surface area contributed by atoms with Crippen LogP contribution in [0.3, 0.4) is 0 Å². The van der Waals surface area contributed by atoms with Gasteiger partial charge >= 0.3 is 0 Å². The number of carbonyl (C=O) groups excluding carboxylic acids is 1. The molecule has 1 fully saturated rings. The number of carbonyl (C=O) groups is 1. The van der Waals surface area contributed by atoms with Gasteiger partial charge in [-0.3, -0.25) is 9.78 Å². The Bertz CT molecular complexity index is 1490. The molecule has 1 N–H and O–H groups in total. The number of pyridine rings is 1. The van der Waals surface area contributed by atoms with E-state index >= 15 is 0 Å². The van der Waals surface area contributed by atoms with Crippen molar-refractivity contribution in [2.24, 2.45) is 5.92 Å². The van der Waals surface area contributed by atoms with Crippen molar-refractivity contribution in [3.8, 4) is 11.3 Å². The number of allylic oxidation sites excluding steroid dienone is 1. The number of benzene rings is 3. The monoisotopic (exact) mass is 523 g/mol. The lowest BCUT2D eigenvalue weighted by atomic mass is 9.69. The second kappa shape index (κ2) is 11.7. The lowest BCUT2D eigenvalue weighted by Crippen LogP contribution is -2.32. The maximum Gasteiger partial charge on any atom is 0.158 e. The lowest BCUT2D eigenvalue weighted by molar-refractivity contribution is -0.119. The van der Waals surface area contributed by atoms with E-state index < -0.39 is 5.41 Å². The van der Waals surface area contributed by atoms with Crippen LogP contribution in [0, 0.1) is 5.92 Å². The van der Waals surface area contributed by atoms with Crippen LogP contribution in [0.15, 0.2) is 122 Å². The fourth-order valence-corrected chi connectivity index (χ4v) is 6.09. The zero-order chi connectivity index (χ0) is 27.2. The van der Waals surface area contributed by atoms with E-state index in [1.54, 1.807) is 12.3 Å². The third-order valence-electron chi connectivity index (χ3n) is 8.09. The van der Waals surface area contributed by atoms with Gasteiger partial charge in [-0.1, -0.05) is 110 Å². The van der Waals surface area contributed by atoms with Crippen LogP contribution in [0.25, 0.3) is 17.3 Å². The van der Waals surface area contributed by atoms with E-state index in [4.69, 9.17) is 4.98 Å². The Morgan fingerprint density at radius 2 is 1.30 bits per heavy atom. The number of nitrogens with one attached hydrogen (secondary N) is 1. The first-order valence-electron chi connectivity index (χ1n) is 14.2. The number of H-pyrrole nitrogens is 1. The first kappa shape index (κ1) is 25.7. The average molecular weight is 524 g/mol. The minimum Gasteiger partial charge on any atom is -0.341 e. The second-order valence-corrected chi connectivity index (χ2v) is 10.5. The summed E-state index contributed by atoms with van der Waals surface area (Å²) in [6.45, 7) is 0. The predicted molar refractivity (Wildman–Crippen MR) is 161 cm³/mol. The van der Waals surface area contributed by atoms with Crippen molar-refractivity contribution in [3.63, 3.8) is 0 Å². The minimum atomic E-state index is -0.656. The Hall–Kier alpha value is -4.57. The van der Waals surface area contributed by atoms with Gasteiger partial charge in [0.1, 0.15) is 11.2 Å². The van der Waals surface area contributed by atoms with Crippen molar-refractivity contribution in [3.05, 3.63) is 150 Å². The number of aromatic nitrogens is 3. The van der Waals surface area contributed by atoms with Crippen molar-refractivity contribution in [1.82, 2.24) is 15.0 Å². The molecule has 0 spiro atoms. The maximum atomic E-state index is 12.9. The van der Waals surface area contributed by atoms with Crippen molar-refractivity contribution < 1.29 is 4.79 Å². The van der Waals surface area contributed by atoms with E-state index in [0.717, 1.165) is 65.1 Å². The summed E-state index contributed by atoms with van der Waals surface area (Å²) in [5.74, 6) is 1.17. The standard InChI is InChI=1S/C36H33N3O/c40-34(27-14-5-1-6-15-27)24-23-32-31(22-13-25-37-32)33-26-38-35(39-33)36(28-16-7-2-8-17-28,29-18-9-3-10-19-29)30-20-11-4-12-21-30/h2-4,7-13,16-27H,1,5-6,14-15H2,(H,38,39). The highest BCUT2D eigenvalue weighted by atomic mass is 16.1. The number of hydrogen-bond donors (Lipinski definition) is 1. The zero-order valence-electron chi connectivity index (χ0n) is 22.5. The van der Waals surface area contributed by atoms with Gasteiger partial charge in [0.2, 0.25) is 0 Å². The van der Waals surface area contributed by atoms with Gasteiger partial charge in [0, 0.05) is 17.7 Å².